The molecule has 116 heavy (non-hydrogen) atoms. The van der Waals surface area contributed by atoms with Crippen molar-refractivity contribution in [3.63, 3.8) is 0 Å². The second-order valence-electron chi connectivity index (χ2n) is 29.3. The van der Waals surface area contributed by atoms with Crippen LogP contribution in [0.2, 0.25) is 5.02 Å². The lowest BCUT2D eigenvalue weighted by Gasteiger charge is -2.25. The molecule has 16 aromatic rings. The van der Waals surface area contributed by atoms with Crippen LogP contribution in [0.5, 0.6) is 11.5 Å². The number of nitrogens with zero attached hydrogens (tertiary/aromatic N) is 3. The molecule has 0 saturated heterocycles. The highest BCUT2D eigenvalue weighted by Gasteiger charge is 2.36. The SMILES string of the molecule is COc1cccc(C(=O)N2Cc3ccccc3C(c3ccccc3)c3ccccc32)c1.Clc1ccc2c(c1)C(c1ccccc1)c1cc3ccccc3cc1CN2.O=C(Oc1ccccc1)N1Cc2ccccc2C(c2ccccc2)c2ccccc21.O=C(c1ccccc1)N1Cc2ccccc2C(c2ccccc2)c2ccccc21. The van der Waals surface area contributed by atoms with Gasteiger partial charge >= 0.3 is 6.09 Å². The van der Waals surface area contributed by atoms with Crippen molar-refractivity contribution >= 4 is 63.0 Å². The molecule has 1 N–H and O–H groups in total. The Morgan fingerprint density at radius 1 is 0.302 bits per heavy atom. The highest BCUT2D eigenvalue weighted by Crippen LogP contribution is 2.48. The third-order valence-electron chi connectivity index (χ3n) is 22.3. The Bertz CT molecular complexity index is 6170. The highest BCUT2D eigenvalue weighted by molar-refractivity contribution is 6.30. The van der Waals surface area contributed by atoms with Gasteiger partial charge in [-0.3, -0.25) is 14.5 Å². The van der Waals surface area contributed by atoms with Crippen LogP contribution in [-0.2, 0) is 26.2 Å². The van der Waals surface area contributed by atoms with Crippen molar-refractivity contribution in [2.75, 3.05) is 27.1 Å². The molecule has 20 rings (SSSR count). The van der Waals surface area contributed by atoms with Gasteiger partial charge in [0.2, 0.25) is 0 Å². The monoisotopic (exact) mass is 1530 g/mol. The van der Waals surface area contributed by atoms with E-state index in [1.807, 2.05) is 143 Å². The number of benzene rings is 16. The molecule has 0 radical (unpaired) electrons. The molecule has 4 atom stereocenters. The van der Waals surface area contributed by atoms with Gasteiger partial charge < -0.3 is 24.6 Å². The van der Waals surface area contributed by atoms with E-state index in [2.05, 4.69) is 260 Å². The van der Waals surface area contributed by atoms with Crippen LogP contribution in [0, 0.1) is 0 Å². The number of amides is 3. The molecule has 4 aliphatic heterocycles. The lowest BCUT2D eigenvalue weighted by atomic mass is 9.82. The maximum absolute atomic E-state index is 13.7. The van der Waals surface area contributed by atoms with Gasteiger partial charge in [0.15, 0.2) is 0 Å². The first-order valence-corrected chi connectivity index (χ1v) is 39.7. The largest absolute Gasteiger partial charge is 0.497 e. The van der Waals surface area contributed by atoms with Crippen LogP contribution in [0.1, 0.15) is 133 Å². The molecule has 4 unspecified atom stereocenters. The quantitative estimate of drug-likeness (QED) is 0.163. The predicted octanol–water partition coefficient (Wildman–Crippen LogP) is 25.0. The zero-order valence-electron chi connectivity index (χ0n) is 64.1. The van der Waals surface area contributed by atoms with Crippen LogP contribution in [0.3, 0.4) is 0 Å². The topological polar surface area (TPSA) is 91.4 Å². The number of halogens is 1. The first-order valence-electron chi connectivity index (χ1n) is 39.3. The molecule has 4 heterocycles. The number of anilines is 4. The number of nitrogens with one attached hydrogen (secondary N) is 1. The molecule has 0 aromatic heterocycles. The van der Waals surface area contributed by atoms with E-state index >= 15 is 0 Å². The van der Waals surface area contributed by atoms with Crippen LogP contribution in [0.25, 0.3) is 10.8 Å². The van der Waals surface area contributed by atoms with Crippen LogP contribution < -0.4 is 29.5 Å². The minimum absolute atomic E-state index is 0.0292. The molecule has 9 nitrogen and oxygen atoms in total. The normalized spacial score (nSPS) is 15.1. The third kappa shape index (κ3) is 15.8. The number of hydrogen-bond donors (Lipinski definition) is 1. The number of hydrogen-bond acceptors (Lipinski definition) is 6. The molecule has 10 heteroatoms. The molecule has 3 amide bonds. The molecule has 0 bridgehead atoms. The summed E-state index contributed by atoms with van der Waals surface area (Å²) in [6.07, 6.45) is -0.378. The summed E-state index contributed by atoms with van der Waals surface area (Å²) in [5.41, 5.74) is 24.7. The summed E-state index contributed by atoms with van der Waals surface area (Å²) in [5.74, 6) is 1.59. The summed E-state index contributed by atoms with van der Waals surface area (Å²) in [5, 5.41) is 6.95. The maximum atomic E-state index is 13.7. The highest BCUT2D eigenvalue weighted by atomic mass is 35.5. The van der Waals surface area contributed by atoms with Crippen molar-refractivity contribution in [1.82, 2.24) is 0 Å². The van der Waals surface area contributed by atoms with Gasteiger partial charge in [-0.2, -0.15) is 0 Å². The van der Waals surface area contributed by atoms with E-state index in [9.17, 15) is 14.4 Å². The Morgan fingerprint density at radius 2 is 0.655 bits per heavy atom. The van der Waals surface area contributed by atoms with Gasteiger partial charge in [-0.05, 0) is 191 Å². The maximum Gasteiger partial charge on any atom is 0.420 e. The molecular weight excluding hydrogens is 1440 g/mol. The third-order valence-corrected chi connectivity index (χ3v) is 22.6. The van der Waals surface area contributed by atoms with E-state index in [0.29, 0.717) is 42.3 Å². The van der Waals surface area contributed by atoms with Crippen molar-refractivity contribution < 1.29 is 23.9 Å². The van der Waals surface area contributed by atoms with Crippen molar-refractivity contribution in [1.29, 1.82) is 0 Å². The molecule has 0 saturated carbocycles. The van der Waals surface area contributed by atoms with E-state index < -0.39 is 0 Å². The Hall–Kier alpha value is -14.1. The minimum atomic E-state index is -0.378. The fraction of sp³-hybridized carbons (Fsp3) is 0.0849. The number of rotatable bonds is 8. The second-order valence-corrected chi connectivity index (χ2v) is 29.7. The second kappa shape index (κ2) is 34.5. The Balaban J connectivity index is 0.000000111. The number of ether oxygens (including phenoxy) is 2. The number of para-hydroxylation sites is 4. The molecule has 16 aromatic carbocycles. The van der Waals surface area contributed by atoms with Gasteiger partial charge in [-0.25, -0.2) is 4.79 Å². The molecule has 0 fully saturated rings. The van der Waals surface area contributed by atoms with Gasteiger partial charge in [-0.15, -0.1) is 0 Å². The number of fused-ring (bicyclic) bond motifs is 9. The van der Waals surface area contributed by atoms with Crippen LogP contribution in [0.15, 0.2) is 406 Å². The summed E-state index contributed by atoms with van der Waals surface area (Å²) in [4.78, 5) is 46.0. The Labute approximate surface area is 682 Å². The van der Waals surface area contributed by atoms with E-state index in [4.69, 9.17) is 21.1 Å². The summed E-state index contributed by atoms with van der Waals surface area (Å²) >= 11 is 6.38. The number of methoxy groups -OCH3 is 1. The molecular formula is C106H83ClN4O5. The first-order chi connectivity index (χ1) is 57.2. The summed E-state index contributed by atoms with van der Waals surface area (Å²) in [7, 11) is 1.62. The fourth-order valence-electron chi connectivity index (χ4n) is 16.9. The summed E-state index contributed by atoms with van der Waals surface area (Å²) in [6.45, 7) is 2.36. The lowest BCUT2D eigenvalue weighted by Crippen LogP contribution is -2.33. The lowest BCUT2D eigenvalue weighted by molar-refractivity contribution is 0.0977. The van der Waals surface area contributed by atoms with E-state index in [1.54, 1.807) is 30.2 Å². The van der Waals surface area contributed by atoms with Crippen molar-refractivity contribution in [2.45, 2.75) is 49.9 Å². The van der Waals surface area contributed by atoms with Crippen molar-refractivity contribution in [2.24, 2.45) is 0 Å². The Kier molecular flexibility index (Phi) is 22.2. The molecule has 4 aliphatic rings. The molecule has 0 spiro atoms. The van der Waals surface area contributed by atoms with Gasteiger partial charge in [0, 0.05) is 63.4 Å². The molecule has 0 aliphatic carbocycles. The minimum Gasteiger partial charge on any atom is -0.497 e. The zero-order chi connectivity index (χ0) is 78.7. The van der Waals surface area contributed by atoms with Gasteiger partial charge in [0.25, 0.3) is 11.8 Å². The van der Waals surface area contributed by atoms with Gasteiger partial charge in [0.1, 0.15) is 11.5 Å². The number of carbonyl (C=O) groups is 3. The van der Waals surface area contributed by atoms with E-state index in [-0.39, 0.29) is 41.6 Å². The fourth-order valence-corrected chi connectivity index (χ4v) is 17.1. The smallest absolute Gasteiger partial charge is 0.420 e. The molecule has 564 valence electrons. The van der Waals surface area contributed by atoms with E-state index in [0.717, 1.165) is 62.1 Å². The average molecular weight is 1530 g/mol. The Morgan fingerprint density at radius 3 is 1.12 bits per heavy atom. The summed E-state index contributed by atoms with van der Waals surface area (Å²) < 4.78 is 11.1. The van der Waals surface area contributed by atoms with Crippen LogP contribution >= 0.6 is 11.6 Å². The first kappa shape index (κ1) is 74.6. The average Bonchev–Trinajstić information content (AvgIpc) is 1.65. The van der Waals surface area contributed by atoms with E-state index in [1.165, 1.54) is 72.0 Å². The van der Waals surface area contributed by atoms with Gasteiger partial charge in [0.05, 0.1) is 32.4 Å². The predicted molar refractivity (Wildman–Crippen MR) is 470 cm³/mol. The van der Waals surface area contributed by atoms with Crippen molar-refractivity contribution in [3.05, 3.63) is 512 Å². The standard InChI is InChI=1S/C28H23NO2.C27H21NO2.C27H21NO.C24H18ClN/c1-31-23-14-9-13-21(18-23)28(30)29-19-22-12-5-6-15-24(22)27(20-10-3-2-4-11-20)25-16-7-8-17-26(25)29;29-27(30-22-14-5-2-6-15-22)28-19-21-13-7-8-16-23(21)26(20-11-3-1-4-12-20)24-17-9-10-18-25(24)28;29-27(21-13-5-2-6-14-21)28-19-22-15-7-8-16-23(22)26(20-11-3-1-4-12-20)24-17-9-10-18-25(24)28;25-20-10-11-23-22(14-20)24(16-6-2-1-3-7-16)21-13-18-9-5-4-8-17(18)12-19(21)15-26-23/h2-18,27H,19H2,1H3;1-18,26H,19H2;1-18,26H,19H2;1-14,24,26H,15H2. The van der Waals surface area contributed by atoms with Crippen LogP contribution in [-0.4, -0.2) is 25.0 Å². The van der Waals surface area contributed by atoms with Crippen LogP contribution in [0.4, 0.5) is 27.5 Å². The zero-order valence-corrected chi connectivity index (χ0v) is 64.8. The van der Waals surface area contributed by atoms with Crippen molar-refractivity contribution in [3.8, 4) is 11.5 Å². The number of carbonyl (C=O) groups excluding carboxylic acids is 3. The van der Waals surface area contributed by atoms with Gasteiger partial charge in [-0.1, -0.05) is 327 Å². The summed E-state index contributed by atoms with van der Waals surface area (Å²) in [6, 6.07) is 138.